The fourth-order valence-corrected chi connectivity index (χ4v) is 3.05. The van der Waals surface area contributed by atoms with Crippen LogP contribution in [0.25, 0.3) is 11.4 Å². The molecule has 6 nitrogen and oxygen atoms in total. The molecule has 28 heavy (non-hydrogen) atoms. The Morgan fingerprint density at radius 2 is 1.86 bits per heavy atom. The lowest BCUT2D eigenvalue weighted by atomic mass is 10.1. The van der Waals surface area contributed by atoms with E-state index < -0.39 is 0 Å². The third-order valence-electron chi connectivity index (χ3n) is 4.63. The molecule has 0 fully saturated rings. The maximum absolute atomic E-state index is 12.5. The molecule has 2 N–H and O–H groups in total. The van der Waals surface area contributed by atoms with Gasteiger partial charge in [0, 0.05) is 35.3 Å². The van der Waals surface area contributed by atoms with Gasteiger partial charge in [0.1, 0.15) is 5.82 Å². The number of hydrogen-bond acceptors (Lipinski definition) is 4. The van der Waals surface area contributed by atoms with Gasteiger partial charge in [0.05, 0.1) is 6.42 Å². The first-order chi connectivity index (χ1) is 13.5. The Kier molecular flexibility index (Phi) is 6.32. The fraction of sp³-hybridized carbons (Fsp3) is 0.273. The van der Waals surface area contributed by atoms with Crippen LogP contribution in [0.15, 0.2) is 59.7 Å². The molecule has 1 aromatic carbocycles. The van der Waals surface area contributed by atoms with Crippen LogP contribution < -0.4 is 10.9 Å². The lowest BCUT2D eigenvalue weighted by Crippen LogP contribution is -2.35. The summed E-state index contributed by atoms with van der Waals surface area (Å²) in [5.41, 5.74) is 2.69. The number of nitrogens with one attached hydrogen (secondary N) is 2. The van der Waals surface area contributed by atoms with E-state index >= 15 is 0 Å². The van der Waals surface area contributed by atoms with Crippen molar-refractivity contribution in [2.24, 2.45) is 0 Å². The van der Waals surface area contributed by atoms with E-state index in [4.69, 9.17) is 0 Å². The number of pyridine rings is 1. The van der Waals surface area contributed by atoms with Gasteiger partial charge in [-0.05, 0) is 44.4 Å². The number of carbonyl (C=O) groups excluding carboxylic acids is 1. The number of carbonyl (C=O) groups is 1. The van der Waals surface area contributed by atoms with Gasteiger partial charge >= 0.3 is 0 Å². The lowest BCUT2D eigenvalue weighted by molar-refractivity contribution is -0.121. The Hall–Kier alpha value is -3.28. The first-order valence-corrected chi connectivity index (χ1v) is 9.36. The molecule has 2 heterocycles. The van der Waals surface area contributed by atoms with Crippen LogP contribution in [0, 0.1) is 6.92 Å². The number of aromatic nitrogens is 3. The van der Waals surface area contributed by atoms with Gasteiger partial charge in [-0.15, -0.1) is 0 Å². The standard InChI is InChI=1S/C22H24N4O2/c1-15(8-9-17-6-4-3-5-7-17)24-20(27)14-19-16(2)25-21(26-22(19)28)18-10-12-23-13-11-18/h3-7,10-13,15H,8-9,14H2,1-2H3,(H,24,27)(H,25,26,28)/t15-/m1/s1. The van der Waals surface area contributed by atoms with Crippen molar-refractivity contribution < 1.29 is 4.79 Å². The molecule has 0 saturated heterocycles. The maximum Gasteiger partial charge on any atom is 0.255 e. The summed E-state index contributed by atoms with van der Waals surface area (Å²) in [6.07, 6.45) is 5.03. The van der Waals surface area contributed by atoms with E-state index in [0.29, 0.717) is 17.1 Å². The smallest absolute Gasteiger partial charge is 0.255 e. The highest BCUT2D eigenvalue weighted by molar-refractivity contribution is 5.79. The molecular weight excluding hydrogens is 352 g/mol. The zero-order valence-corrected chi connectivity index (χ0v) is 16.1. The average molecular weight is 376 g/mol. The molecule has 0 aliphatic rings. The topological polar surface area (TPSA) is 87.7 Å². The highest BCUT2D eigenvalue weighted by atomic mass is 16.2. The second kappa shape index (κ2) is 9.08. The molecule has 0 saturated carbocycles. The summed E-state index contributed by atoms with van der Waals surface area (Å²) >= 11 is 0. The van der Waals surface area contributed by atoms with Gasteiger partial charge in [0.15, 0.2) is 0 Å². The van der Waals surface area contributed by atoms with E-state index in [1.54, 1.807) is 31.5 Å². The van der Waals surface area contributed by atoms with Crippen LogP contribution in [-0.2, 0) is 17.6 Å². The summed E-state index contributed by atoms with van der Waals surface area (Å²) in [4.78, 5) is 36.0. The molecule has 0 radical (unpaired) electrons. The van der Waals surface area contributed by atoms with Gasteiger partial charge in [-0.2, -0.15) is 0 Å². The van der Waals surface area contributed by atoms with E-state index in [9.17, 15) is 9.59 Å². The normalized spacial score (nSPS) is 11.8. The van der Waals surface area contributed by atoms with E-state index in [2.05, 4.69) is 32.4 Å². The van der Waals surface area contributed by atoms with Gasteiger partial charge in [-0.1, -0.05) is 30.3 Å². The predicted octanol–water partition coefficient (Wildman–Crippen LogP) is 2.82. The molecule has 0 spiro atoms. The summed E-state index contributed by atoms with van der Waals surface area (Å²) in [5.74, 6) is 0.304. The van der Waals surface area contributed by atoms with E-state index in [-0.39, 0.29) is 23.9 Å². The third kappa shape index (κ3) is 5.13. The third-order valence-corrected chi connectivity index (χ3v) is 4.63. The van der Waals surface area contributed by atoms with Gasteiger partial charge < -0.3 is 10.3 Å². The zero-order valence-electron chi connectivity index (χ0n) is 16.1. The van der Waals surface area contributed by atoms with Crippen LogP contribution in [0.4, 0.5) is 0 Å². The SMILES string of the molecule is Cc1nc(-c2ccncc2)[nH]c(=O)c1CC(=O)N[C@H](C)CCc1ccccc1. The minimum absolute atomic E-state index is 0.0144. The van der Waals surface area contributed by atoms with E-state index in [1.165, 1.54) is 5.56 Å². The second-order valence-electron chi connectivity index (χ2n) is 6.88. The van der Waals surface area contributed by atoms with Gasteiger partial charge in [-0.25, -0.2) is 4.98 Å². The van der Waals surface area contributed by atoms with Crippen LogP contribution >= 0.6 is 0 Å². The molecule has 6 heteroatoms. The summed E-state index contributed by atoms with van der Waals surface area (Å²) in [5, 5.41) is 2.97. The highest BCUT2D eigenvalue weighted by Gasteiger charge is 2.15. The number of aryl methyl sites for hydroxylation is 2. The van der Waals surface area contributed by atoms with Gasteiger partial charge in [0.25, 0.3) is 5.56 Å². The summed E-state index contributed by atoms with van der Waals surface area (Å²) in [6, 6.07) is 13.7. The number of nitrogens with zero attached hydrogens (tertiary/aromatic N) is 2. The fourth-order valence-electron chi connectivity index (χ4n) is 3.05. The summed E-state index contributed by atoms with van der Waals surface area (Å²) in [6.45, 7) is 3.73. The molecule has 3 rings (SSSR count). The number of H-pyrrole nitrogens is 1. The number of hydrogen-bond donors (Lipinski definition) is 2. The Bertz CT molecular complexity index is 984. The zero-order chi connectivity index (χ0) is 19.9. The van der Waals surface area contributed by atoms with Crippen molar-refractivity contribution in [3.8, 4) is 11.4 Å². The van der Waals surface area contributed by atoms with Crippen molar-refractivity contribution in [2.45, 2.75) is 39.2 Å². The molecule has 0 aliphatic carbocycles. The predicted molar refractivity (Wildman–Crippen MR) is 109 cm³/mol. The van der Waals surface area contributed by atoms with Crippen molar-refractivity contribution in [3.05, 3.63) is 82.0 Å². The number of aromatic amines is 1. The van der Waals surface area contributed by atoms with Gasteiger partial charge in [0.2, 0.25) is 5.91 Å². The Labute approximate surface area is 164 Å². The van der Waals surface area contributed by atoms with Crippen molar-refractivity contribution in [1.29, 1.82) is 0 Å². The van der Waals surface area contributed by atoms with Crippen LogP contribution in [0.1, 0.15) is 30.2 Å². The molecule has 0 bridgehead atoms. The monoisotopic (exact) mass is 376 g/mol. The van der Waals surface area contributed by atoms with Crippen LogP contribution in [0.2, 0.25) is 0 Å². The van der Waals surface area contributed by atoms with Crippen molar-refractivity contribution in [3.63, 3.8) is 0 Å². The molecule has 2 aromatic heterocycles. The molecule has 144 valence electrons. The van der Waals surface area contributed by atoms with E-state index in [1.807, 2.05) is 25.1 Å². The quantitative estimate of drug-likeness (QED) is 0.664. The first kappa shape index (κ1) is 19.5. The number of rotatable bonds is 7. The molecular formula is C22H24N4O2. The number of benzene rings is 1. The molecule has 1 atom stereocenters. The minimum atomic E-state index is -0.286. The minimum Gasteiger partial charge on any atom is -0.353 e. The molecule has 0 aliphatic heterocycles. The van der Waals surface area contributed by atoms with Crippen molar-refractivity contribution in [1.82, 2.24) is 20.3 Å². The average Bonchev–Trinajstić information content (AvgIpc) is 2.70. The Morgan fingerprint density at radius 1 is 1.14 bits per heavy atom. The Balaban J connectivity index is 1.61. The molecule has 1 amide bonds. The van der Waals surface area contributed by atoms with Crippen molar-refractivity contribution in [2.75, 3.05) is 0 Å². The van der Waals surface area contributed by atoms with Gasteiger partial charge in [-0.3, -0.25) is 14.6 Å². The summed E-state index contributed by atoms with van der Waals surface area (Å²) in [7, 11) is 0. The maximum atomic E-state index is 12.5. The largest absolute Gasteiger partial charge is 0.353 e. The Morgan fingerprint density at radius 3 is 2.54 bits per heavy atom. The lowest BCUT2D eigenvalue weighted by Gasteiger charge is -2.14. The first-order valence-electron chi connectivity index (χ1n) is 9.36. The van der Waals surface area contributed by atoms with Crippen LogP contribution in [0.3, 0.4) is 0 Å². The molecule has 0 unspecified atom stereocenters. The van der Waals surface area contributed by atoms with Crippen molar-refractivity contribution >= 4 is 5.91 Å². The van der Waals surface area contributed by atoms with Crippen LogP contribution in [-0.4, -0.2) is 26.9 Å². The molecule has 3 aromatic rings. The van der Waals surface area contributed by atoms with E-state index in [0.717, 1.165) is 18.4 Å². The second-order valence-corrected chi connectivity index (χ2v) is 6.88. The van der Waals surface area contributed by atoms with Crippen LogP contribution in [0.5, 0.6) is 0 Å². The highest BCUT2D eigenvalue weighted by Crippen LogP contribution is 2.13. The number of amides is 1. The summed E-state index contributed by atoms with van der Waals surface area (Å²) < 4.78 is 0.